The standard InChI is InChI=1S/C11H18FNO/c1-3-4-10(12)11(14)13-9-6-5-8(2)7-9/h4,8-9H,3,5-7H2,1-2H3,(H,13,14)/b10-4+/t8-,9+/m0/s1. The maximum absolute atomic E-state index is 13.0. The van der Waals surface area contributed by atoms with Crippen LogP contribution in [0.15, 0.2) is 11.9 Å². The number of carbonyl (C=O) groups is 1. The van der Waals surface area contributed by atoms with Crippen molar-refractivity contribution in [2.24, 2.45) is 5.92 Å². The molecule has 2 atom stereocenters. The molecular formula is C11H18FNO. The minimum atomic E-state index is -0.646. The van der Waals surface area contributed by atoms with Gasteiger partial charge in [0.1, 0.15) is 0 Å². The lowest BCUT2D eigenvalue weighted by molar-refractivity contribution is -0.119. The lowest BCUT2D eigenvalue weighted by Gasteiger charge is -2.10. The zero-order valence-corrected chi connectivity index (χ0v) is 8.85. The van der Waals surface area contributed by atoms with E-state index < -0.39 is 11.7 Å². The van der Waals surface area contributed by atoms with Gasteiger partial charge >= 0.3 is 0 Å². The van der Waals surface area contributed by atoms with Crippen molar-refractivity contribution in [2.75, 3.05) is 0 Å². The van der Waals surface area contributed by atoms with Gasteiger partial charge in [0.2, 0.25) is 0 Å². The van der Waals surface area contributed by atoms with E-state index in [9.17, 15) is 9.18 Å². The molecule has 80 valence electrons. The molecule has 14 heavy (non-hydrogen) atoms. The highest BCUT2D eigenvalue weighted by Gasteiger charge is 2.23. The molecule has 0 unspecified atom stereocenters. The first-order valence-electron chi connectivity index (χ1n) is 5.30. The predicted octanol–water partition coefficient (Wildman–Crippen LogP) is 2.55. The second-order valence-corrected chi connectivity index (χ2v) is 4.05. The Bertz CT molecular complexity index is 237. The van der Waals surface area contributed by atoms with Gasteiger partial charge in [-0.3, -0.25) is 4.79 Å². The maximum atomic E-state index is 13.0. The first kappa shape index (κ1) is 11.2. The molecule has 2 nitrogen and oxygen atoms in total. The smallest absolute Gasteiger partial charge is 0.279 e. The van der Waals surface area contributed by atoms with Crippen LogP contribution in [-0.4, -0.2) is 11.9 Å². The highest BCUT2D eigenvalue weighted by atomic mass is 19.1. The third kappa shape index (κ3) is 3.13. The van der Waals surface area contributed by atoms with Crippen LogP contribution in [0.5, 0.6) is 0 Å². The van der Waals surface area contributed by atoms with Crippen molar-refractivity contribution in [3.8, 4) is 0 Å². The first-order chi connectivity index (χ1) is 6.63. The van der Waals surface area contributed by atoms with Crippen LogP contribution in [0.4, 0.5) is 4.39 Å². The van der Waals surface area contributed by atoms with Gasteiger partial charge in [0.05, 0.1) is 0 Å². The van der Waals surface area contributed by atoms with Gasteiger partial charge < -0.3 is 5.32 Å². The summed E-state index contributed by atoms with van der Waals surface area (Å²) in [5.41, 5.74) is 0. The van der Waals surface area contributed by atoms with E-state index in [4.69, 9.17) is 0 Å². The van der Waals surface area contributed by atoms with Crippen molar-refractivity contribution in [3.63, 3.8) is 0 Å². The number of halogens is 1. The molecule has 0 saturated heterocycles. The van der Waals surface area contributed by atoms with Crippen molar-refractivity contribution in [1.29, 1.82) is 0 Å². The van der Waals surface area contributed by atoms with E-state index in [1.54, 1.807) is 0 Å². The van der Waals surface area contributed by atoms with Crippen LogP contribution in [0.2, 0.25) is 0 Å². The van der Waals surface area contributed by atoms with Gasteiger partial charge in [-0.1, -0.05) is 13.8 Å². The molecule has 1 rings (SSSR count). The third-order valence-corrected chi connectivity index (χ3v) is 2.63. The molecule has 0 aromatic carbocycles. The number of carbonyl (C=O) groups excluding carboxylic acids is 1. The number of hydrogen-bond acceptors (Lipinski definition) is 1. The minimum Gasteiger partial charge on any atom is -0.347 e. The Labute approximate surface area is 84.6 Å². The summed E-state index contributed by atoms with van der Waals surface area (Å²) in [6, 6.07) is 0.175. The van der Waals surface area contributed by atoms with Gasteiger partial charge in [-0.15, -0.1) is 0 Å². The lowest BCUT2D eigenvalue weighted by atomic mass is 10.1. The predicted molar refractivity (Wildman–Crippen MR) is 54.4 cm³/mol. The van der Waals surface area contributed by atoms with Crippen molar-refractivity contribution < 1.29 is 9.18 Å². The summed E-state index contributed by atoms with van der Waals surface area (Å²) < 4.78 is 13.0. The number of amides is 1. The van der Waals surface area contributed by atoms with Gasteiger partial charge in [-0.25, -0.2) is 4.39 Å². The molecule has 0 aliphatic heterocycles. The highest BCUT2D eigenvalue weighted by molar-refractivity contribution is 5.91. The molecule has 1 aliphatic rings. The monoisotopic (exact) mass is 199 g/mol. The molecule has 0 spiro atoms. The average Bonchev–Trinajstić information content (AvgIpc) is 2.51. The maximum Gasteiger partial charge on any atom is 0.279 e. The summed E-state index contributed by atoms with van der Waals surface area (Å²) in [5.74, 6) is -0.545. The van der Waals surface area contributed by atoms with Crippen molar-refractivity contribution in [2.45, 2.75) is 45.6 Å². The van der Waals surface area contributed by atoms with Gasteiger partial charge in [0.25, 0.3) is 5.91 Å². The van der Waals surface area contributed by atoms with Crippen LogP contribution in [0.3, 0.4) is 0 Å². The fourth-order valence-electron chi connectivity index (χ4n) is 1.86. The van der Waals surface area contributed by atoms with E-state index >= 15 is 0 Å². The van der Waals surface area contributed by atoms with Crippen molar-refractivity contribution >= 4 is 5.91 Å². The van der Waals surface area contributed by atoms with Crippen molar-refractivity contribution in [3.05, 3.63) is 11.9 Å². The summed E-state index contributed by atoms with van der Waals surface area (Å²) in [6.45, 7) is 3.97. The summed E-state index contributed by atoms with van der Waals surface area (Å²) in [7, 11) is 0. The molecule has 1 N–H and O–H groups in total. The van der Waals surface area contributed by atoms with E-state index in [1.165, 1.54) is 6.08 Å². The van der Waals surface area contributed by atoms with Crippen LogP contribution in [0.1, 0.15) is 39.5 Å². The summed E-state index contributed by atoms with van der Waals surface area (Å²) in [4.78, 5) is 11.2. The van der Waals surface area contributed by atoms with Gasteiger partial charge in [-0.2, -0.15) is 0 Å². The van der Waals surface area contributed by atoms with Gasteiger partial charge in [0.15, 0.2) is 5.83 Å². The molecule has 1 saturated carbocycles. The molecule has 0 radical (unpaired) electrons. The fraction of sp³-hybridized carbons (Fsp3) is 0.727. The van der Waals surface area contributed by atoms with Crippen LogP contribution >= 0.6 is 0 Å². The molecular weight excluding hydrogens is 181 g/mol. The van der Waals surface area contributed by atoms with E-state index in [0.29, 0.717) is 12.3 Å². The number of hydrogen-bond donors (Lipinski definition) is 1. The molecule has 0 bridgehead atoms. The van der Waals surface area contributed by atoms with Crippen LogP contribution in [0, 0.1) is 5.92 Å². The Morgan fingerprint density at radius 1 is 1.57 bits per heavy atom. The average molecular weight is 199 g/mol. The molecule has 1 amide bonds. The second-order valence-electron chi connectivity index (χ2n) is 4.05. The normalized spacial score (nSPS) is 27.8. The molecule has 0 heterocycles. The summed E-state index contributed by atoms with van der Waals surface area (Å²) >= 11 is 0. The third-order valence-electron chi connectivity index (χ3n) is 2.63. The number of nitrogens with one attached hydrogen (secondary N) is 1. The topological polar surface area (TPSA) is 29.1 Å². The van der Waals surface area contributed by atoms with Crippen LogP contribution < -0.4 is 5.32 Å². The molecule has 3 heteroatoms. The number of allylic oxidation sites excluding steroid dienone is 1. The molecule has 1 aliphatic carbocycles. The van der Waals surface area contributed by atoms with Gasteiger partial charge in [-0.05, 0) is 37.7 Å². The second kappa shape index (κ2) is 5.13. The molecule has 0 aromatic heterocycles. The summed E-state index contributed by atoms with van der Waals surface area (Å²) in [5, 5.41) is 2.71. The Morgan fingerprint density at radius 3 is 2.79 bits per heavy atom. The van der Waals surface area contributed by atoms with E-state index in [2.05, 4.69) is 12.2 Å². The quantitative estimate of drug-likeness (QED) is 0.695. The van der Waals surface area contributed by atoms with Gasteiger partial charge in [0, 0.05) is 6.04 Å². The van der Waals surface area contributed by atoms with Crippen LogP contribution in [-0.2, 0) is 4.79 Å². The zero-order chi connectivity index (χ0) is 10.6. The number of rotatable bonds is 3. The Balaban J connectivity index is 2.37. The van der Waals surface area contributed by atoms with E-state index in [0.717, 1.165) is 19.3 Å². The van der Waals surface area contributed by atoms with Crippen LogP contribution in [0.25, 0.3) is 0 Å². The zero-order valence-electron chi connectivity index (χ0n) is 8.85. The molecule has 1 fully saturated rings. The minimum absolute atomic E-state index is 0.175. The molecule has 0 aromatic rings. The Morgan fingerprint density at radius 2 is 2.29 bits per heavy atom. The van der Waals surface area contributed by atoms with Crippen molar-refractivity contribution in [1.82, 2.24) is 5.32 Å². The summed E-state index contributed by atoms with van der Waals surface area (Å²) in [6.07, 6.45) is 4.95. The first-order valence-corrected chi connectivity index (χ1v) is 5.30. The van der Waals surface area contributed by atoms with E-state index in [-0.39, 0.29) is 6.04 Å². The lowest BCUT2D eigenvalue weighted by Crippen LogP contribution is -2.33. The highest BCUT2D eigenvalue weighted by Crippen LogP contribution is 2.24. The SMILES string of the molecule is CC/C=C(/F)C(=O)N[C@@H]1CC[C@H](C)C1. The fourth-order valence-corrected chi connectivity index (χ4v) is 1.86. The van der Waals surface area contributed by atoms with E-state index in [1.807, 2.05) is 6.92 Å². The Hall–Kier alpha value is -0.860. The largest absolute Gasteiger partial charge is 0.347 e. The Kier molecular flexibility index (Phi) is 4.11.